The Morgan fingerprint density at radius 2 is 1.55 bits per heavy atom. The zero-order chi connectivity index (χ0) is 40.9. The molecule has 5 saturated carbocycles. The van der Waals surface area contributed by atoms with Crippen molar-refractivity contribution in [3.63, 3.8) is 0 Å². The minimum absolute atomic E-state index is 0.0295. The summed E-state index contributed by atoms with van der Waals surface area (Å²) in [5, 5.41) is 12.9. The van der Waals surface area contributed by atoms with Crippen LogP contribution in [0.15, 0.2) is 54.6 Å². The van der Waals surface area contributed by atoms with Crippen LogP contribution in [0.4, 0.5) is 0 Å². The average molecular weight is 804 g/mol. The monoisotopic (exact) mass is 804 g/mol. The number of rotatable bonds is 22. The SMILES string of the molecule is CCCCC/C=C\C/C=C\CCCCCCCC(=O)O[C@@]12[C@@H]3[C@@H](CC([C@@H](OC)[C@@H]1O)[C@@H]3OC(=O)c1ccccc1)[C@@]13CCC[C@@]4(COC)CN(CC)C1[C@@H]2[C@H](OC)[C@H]43. The van der Waals surface area contributed by atoms with Crippen LogP contribution in [0.3, 0.4) is 0 Å². The van der Waals surface area contributed by atoms with Crippen molar-refractivity contribution in [1.29, 1.82) is 0 Å². The molecule has 5 aliphatic carbocycles. The van der Waals surface area contributed by atoms with E-state index in [1.807, 2.05) is 25.3 Å². The molecule has 9 nitrogen and oxygen atoms in total. The zero-order valence-corrected chi connectivity index (χ0v) is 36.2. The van der Waals surface area contributed by atoms with E-state index in [4.69, 9.17) is 23.7 Å². The lowest BCUT2D eigenvalue weighted by molar-refractivity contribution is -0.291. The van der Waals surface area contributed by atoms with Gasteiger partial charge in [-0.15, -0.1) is 0 Å². The summed E-state index contributed by atoms with van der Waals surface area (Å²) in [6.07, 6.45) is 22.8. The summed E-state index contributed by atoms with van der Waals surface area (Å²) in [7, 11) is 5.25. The van der Waals surface area contributed by atoms with E-state index in [0.717, 1.165) is 83.7 Å². The Hall–Kier alpha value is -2.56. The Morgan fingerprint density at radius 1 is 0.845 bits per heavy atom. The first-order valence-electron chi connectivity index (χ1n) is 23.0. The van der Waals surface area contributed by atoms with E-state index in [-0.39, 0.29) is 70.9 Å². The van der Waals surface area contributed by atoms with Crippen molar-refractivity contribution < 1.29 is 38.4 Å². The van der Waals surface area contributed by atoms with Crippen LogP contribution in [0.1, 0.15) is 127 Å². The summed E-state index contributed by atoms with van der Waals surface area (Å²) in [4.78, 5) is 31.0. The van der Waals surface area contributed by atoms with Crippen molar-refractivity contribution in [3.8, 4) is 0 Å². The average Bonchev–Trinajstić information content (AvgIpc) is 3.65. The van der Waals surface area contributed by atoms with Gasteiger partial charge in [0.25, 0.3) is 0 Å². The fourth-order valence-electron chi connectivity index (χ4n) is 14.2. The number of hydrogen-bond acceptors (Lipinski definition) is 9. The third kappa shape index (κ3) is 7.45. The molecule has 6 fully saturated rings. The number of unbranched alkanes of at least 4 members (excludes halogenated alkanes) is 8. The maximum Gasteiger partial charge on any atom is 0.338 e. The van der Waals surface area contributed by atoms with Crippen LogP contribution in [0.2, 0.25) is 0 Å². The summed E-state index contributed by atoms with van der Waals surface area (Å²) in [6.45, 7) is 6.83. The number of benzene rings is 1. The predicted molar refractivity (Wildman–Crippen MR) is 225 cm³/mol. The lowest BCUT2D eigenvalue weighted by Crippen LogP contribution is -2.77. The van der Waals surface area contributed by atoms with E-state index >= 15 is 0 Å². The molecule has 6 aliphatic rings. The number of methoxy groups -OCH3 is 3. The van der Waals surface area contributed by atoms with Crippen molar-refractivity contribution in [1.82, 2.24) is 4.90 Å². The van der Waals surface area contributed by atoms with Crippen LogP contribution in [0, 0.1) is 40.4 Å². The van der Waals surface area contributed by atoms with Gasteiger partial charge in [0.15, 0.2) is 5.60 Å². The first-order valence-corrected chi connectivity index (χ1v) is 23.0. The number of ether oxygens (including phenoxy) is 5. The molecule has 0 amide bonds. The fraction of sp³-hybridized carbons (Fsp3) is 0.755. The van der Waals surface area contributed by atoms with Crippen molar-refractivity contribution in [3.05, 3.63) is 60.2 Å². The third-order valence-electron chi connectivity index (χ3n) is 15.9. The van der Waals surface area contributed by atoms with E-state index in [1.165, 1.54) is 25.7 Å². The highest BCUT2D eigenvalue weighted by atomic mass is 16.6. The molecule has 13 atom stereocenters. The molecule has 1 aromatic rings. The smallest absolute Gasteiger partial charge is 0.338 e. The predicted octanol–water partition coefficient (Wildman–Crippen LogP) is 8.73. The number of hydrogen-bond donors (Lipinski definition) is 1. The number of allylic oxidation sites excluding steroid dienone is 4. The second kappa shape index (κ2) is 19.0. The van der Waals surface area contributed by atoms with E-state index in [2.05, 4.69) is 43.1 Å². The Bertz CT molecular complexity index is 1580. The molecule has 0 radical (unpaired) electrons. The Labute approximate surface area is 348 Å². The highest BCUT2D eigenvalue weighted by molar-refractivity contribution is 5.89. The van der Waals surface area contributed by atoms with E-state index in [0.29, 0.717) is 12.2 Å². The number of aliphatic hydroxyl groups is 1. The number of nitrogens with zero attached hydrogens (tertiary/aromatic N) is 1. The molecule has 7 rings (SSSR count). The number of likely N-dealkylation sites (tertiary alicyclic amines) is 1. The minimum Gasteiger partial charge on any atom is -0.458 e. The standard InChI is InChI=1S/C49H73NO8/c1-6-8-9-10-11-12-13-14-15-16-17-18-19-20-24-28-37(51)58-49-38-36(31-35(41(55-4)45(49)52)40(38)57-46(53)34-26-22-21-23-27-34)48-30-25-29-47(33-54-3)32-50(7-2)44(48)39(49)42(56-5)43(47)48/h11-12,14-15,21-23,26-27,35-36,38-45,52H,6-10,13,16-20,24-25,28-33H2,1-5H3/b12-11-,15-14-/t35?,36-,38-,39+,40+,41-,42+,43-,44?,45+,47+,48-,49-/m1/s1. The van der Waals surface area contributed by atoms with Crippen LogP contribution in [0.25, 0.3) is 0 Å². The van der Waals surface area contributed by atoms with Crippen LogP contribution in [-0.2, 0) is 28.5 Å². The van der Waals surface area contributed by atoms with E-state index in [9.17, 15) is 14.7 Å². The van der Waals surface area contributed by atoms with Crippen LogP contribution in [0.5, 0.6) is 0 Å². The number of fused-ring (bicyclic) bond motifs is 2. The maximum atomic E-state index is 14.4. The molecule has 58 heavy (non-hydrogen) atoms. The molecule has 1 aromatic carbocycles. The van der Waals surface area contributed by atoms with Gasteiger partial charge in [0, 0.05) is 69.4 Å². The van der Waals surface area contributed by atoms with Crippen molar-refractivity contribution in [2.24, 2.45) is 40.4 Å². The number of carbonyl (C=O) groups excluding carboxylic acids is 2. The molecule has 1 spiro atoms. The summed E-state index contributed by atoms with van der Waals surface area (Å²) < 4.78 is 32.7. The molecule has 1 aliphatic heterocycles. The normalized spacial score (nSPS) is 38.4. The van der Waals surface area contributed by atoms with Crippen LogP contribution in [-0.4, -0.2) is 99.0 Å². The minimum atomic E-state index is -1.36. The molecule has 2 unspecified atom stereocenters. The largest absolute Gasteiger partial charge is 0.458 e. The van der Waals surface area contributed by atoms with Gasteiger partial charge in [0.05, 0.1) is 24.4 Å². The number of aliphatic hydroxyl groups excluding tert-OH is 1. The Kier molecular flexibility index (Phi) is 14.3. The number of esters is 2. The van der Waals surface area contributed by atoms with Gasteiger partial charge < -0.3 is 28.8 Å². The third-order valence-corrected chi connectivity index (χ3v) is 15.9. The Balaban J connectivity index is 1.13. The van der Waals surface area contributed by atoms with E-state index in [1.54, 1.807) is 26.4 Å². The second-order valence-electron chi connectivity index (χ2n) is 18.7. The molecular weight excluding hydrogens is 731 g/mol. The lowest BCUT2D eigenvalue weighted by Gasteiger charge is -2.68. The van der Waals surface area contributed by atoms with E-state index < -0.39 is 23.9 Å². The molecule has 9 heteroatoms. The summed E-state index contributed by atoms with van der Waals surface area (Å²) in [6, 6.07) is 9.19. The Morgan fingerprint density at radius 3 is 2.24 bits per heavy atom. The summed E-state index contributed by atoms with van der Waals surface area (Å²) in [5.74, 6) is -1.46. The molecule has 0 aromatic heterocycles. The van der Waals surface area contributed by atoms with Crippen molar-refractivity contribution in [2.75, 3.05) is 41.0 Å². The number of piperidine rings is 1. The van der Waals surface area contributed by atoms with Crippen LogP contribution < -0.4 is 0 Å². The maximum absolute atomic E-state index is 14.4. The zero-order valence-electron chi connectivity index (χ0n) is 36.2. The van der Waals surface area contributed by atoms with Crippen molar-refractivity contribution in [2.45, 2.75) is 153 Å². The number of carbonyl (C=O) groups is 2. The lowest BCUT2D eigenvalue weighted by atomic mass is 9.44. The van der Waals surface area contributed by atoms with Gasteiger partial charge in [0.1, 0.15) is 12.2 Å². The first-order chi connectivity index (χ1) is 28.3. The second-order valence-corrected chi connectivity index (χ2v) is 18.7. The van der Waals surface area contributed by atoms with Gasteiger partial charge in [-0.1, -0.05) is 94.9 Å². The molecule has 1 heterocycles. The van der Waals surface area contributed by atoms with Crippen molar-refractivity contribution >= 4 is 11.9 Å². The van der Waals surface area contributed by atoms with Gasteiger partial charge in [-0.05, 0) is 87.8 Å². The molecule has 1 saturated heterocycles. The summed E-state index contributed by atoms with van der Waals surface area (Å²) in [5.41, 5.74) is -1.19. The van der Waals surface area contributed by atoms with Gasteiger partial charge in [-0.25, -0.2) is 4.79 Å². The van der Waals surface area contributed by atoms with Gasteiger partial charge in [-0.2, -0.15) is 0 Å². The summed E-state index contributed by atoms with van der Waals surface area (Å²) >= 11 is 0. The van der Waals surface area contributed by atoms with Gasteiger partial charge in [-0.3, -0.25) is 9.69 Å². The molecule has 7 bridgehead atoms. The molecule has 322 valence electrons. The quantitative estimate of drug-likeness (QED) is 0.0701. The fourth-order valence-corrected chi connectivity index (χ4v) is 14.2. The molecule has 1 N–H and O–H groups in total. The highest BCUT2D eigenvalue weighted by Crippen LogP contribution is 2.80. The first kappa shape index (κ1) is 43.5. The highest BCUT2D eigenvalue weighted by Gasteiger charge is 2.88. The van der Waals surface area contributed by atoms with Gasteiger partial charge in [0.2, 0.25) is 0 Å². The van der Waals surface area contributed by atoms with Crippen LogP contribution >= 0.6 is 0 Å². The van der Waals surface area contributed by atoms with Gasteiger partial charge >= 0.3 is 11.9 Å². The molecular formula is C49H73NO8. The topological polar surface area (TPSA) is 104 Å².